The molecule has 2 aromatic carbocycles. The van der Waals surface area contributed by atoms with Gasteiger partial charge in [0.1, 0.15) is 11.5 Å². The van der Waals surface area contributed by atoms with E-state index in [1.165, 1.54) is 0 Å². The minimum atomic E-state index is -4.29. The maximum absolute atomic E-state index is 13.0. The van der Waals surface area contributed by atoms with Crippen molar-refractivity contribution in [2.24, 2.45) is 17.8 Å². The van der Waals surface area contributed by atoms with E-state index < -0.39 is 24.7 Å². The SMILES string of the molecule is COc1ccc(C(NCC(F)(F)F)C(C)C)c(N2CCC(COc3cccc([C@@H](CC(=O)O)C4CC4)c3)CC2)c1. The number of anilines is 1. The Balaban J connectivity index is 1.39. The predicted octanol–water partition coefficient (Wildman–Crippen LogP) is 6.81. The van der Waals surface area contributed by atoms with Gasteiger partial charge in [-0.15, -0.1) is 0 Å². The molecule has 2 aliphatic rings. The molecular formula is C31H41F3N2O4. The molecule has 2 N–H and O–H groups in total. The third kappa shape index (κ3) is 8.29. The number of aliphatic carboxylic acids is 1. The number of nitrogens with zero attached hydrogens (tertiary/aromatic N) is 1. The summed E-state index contributed by atoms with van der Waals surface area (Å²) in [5, 5.41) is 12.1. The molecule has 9 heteroatoms. The molecule has 220 valence electrons. The Bertz CT molecular complexity index is 1130. The maximum atomic E-state index is 13.0. The molecule has 1 saturated heterocycles. The molecule has 4 rings (SSSR count). The van der Waals surface area contributed by atoms with Gasteiger partial charge in [0.25, 0.3) is 0 Å². The Morgan fingerprint density at radius 2 is 1.80 bits per heavy atom. The van der Waals surface area contributed by atoms with Crippen LogP contribution in [0.1, 0.15) is 69.0 Å². The van der Waals surface area contributed by atoms with E-state index in [1.54, 1.807) is 7.11 Å². The van der Waals surface area contributed by atoms with Gasteiger partial charge in [0, 0.05) is 30.9 Å². The summed E-state index contributed by atoms with van der Waals surface area (Å²) in [5.41, 5.74) is 2.78. The molecule has 40 heavy (non-hydrogen) atoms. The highest BCUT2D eigenvalue weighted by Gasteiger charge is 2.34. The van der Waals surface area contributed by atoms with Gasteiger partial charge < -0.3 is 24.8 Å². The summed E-state index contributed by atoms with van der Waals surface area (Å²) in [5.74, 6) is 1.45. The number of piperidine rings is 1. The molecular weight excluding hydrogens is 521 g/mol. The van der Waals surface area contributed by atoms with E-state index >= 15 is 0 Å². The van der Waals surface area contributed by atoms with Crippen molar-refractivity contribution in [1.82, 2.24) is 5.32 Å². The number of carboxylic acids is 1. The molecule has 2 fully saturated rings. The summed E-state index contributed by atoms with van der Waals surface area (Å²) in [6.07, 6.45) is -0.209. The Morgan fingerprint density at radius 3 is 2.40 bits per heavy atom. The van der Waals surface area contributed by atoms with Gasteiger partial charge in [-0.1, -0.05) is 32.0 Å². The molecule has 6 nitrogen and oxygen atoms in total. The fourth-order valence-corrected chi connectivity index (χ4v) is 5.75. The predicted molar refractivity (Wildman–Crippen MR) is 149 cm³/mol. The van der Waals surface area contributed by atoms with E-state index in [4.69, 9.17) is 9.47 Å². The van der Waals surface area contributed by atoms with Crippen LogP contribution in [0.25, 0.3) is 0 Å². The number of alkyl halides is 3. The Kier molecular flexibility index (Phi) is 9.87. The van der Waals surface area contributed by atoms with Gasteiger partial charge in [-0.05, 0) is 78.7 Å². The van der Waals surface area contributed by atoms with Crippen molar-refractivity contribution in [3.05, 3.63) is 53.6 Å². The van der Waals surface area contributed by atoms with Gasteiger partial charge in [0.2, 0.25) is 0 Å². The van der Waals surface area contributed by atoms with E-state index in [1.807, 2.05) is 56.3 Å². The van der Waals surface area contributed by atoms with Gasteiger partial charge in [0.05, 0.1) is 26.7 Å². The van der Waals surface area contributed by atoms with E-state index in [2.05, 4.69) is 10.2 Å². The summed E-state index contributed by atoms with van der Waals surface area (Å²) in [6.45, 7) is 4.91. The second kappa shape index (κ2) is 13.1. The number of hydrogen-bond acceptors (Lipinski definition) is 5. The smallest absolute Gasteiger partial charge is 0.401 e. The lowest BCUT2D eigenvalue weighted by atomic mass is 9.91. The molecule has 0 spiro atoms. The molecule has 0 aromatic heterocycles. The Morgan fingerprint density at radius 1 is 1.07 bits per heavy atom. The highest BCUT2D eigenvalue weighted by molar-refractivity contribution is 5.68. The summed E-state index contributed by atoms with van der Waals surface area (Å²) >= 11 is 0. The first-order valence-corrected chi connectivity index (χ1v) is 14.2. The van der Waals surface area contributed by atoms with Crippen LogP contribution < -0.4 is 19.7 Å². The first kappa shape index (κ1) is 30.0. The van der Waals surface area contributed by atoms with Crippen LogP contribution in [0, 0.1) is 17.8 Å². The van der Waals surface area contributed by atoms with Gasteiger partial charge in [-0.25, -0.2) is 0 Å². The molecule has 1 unspecified atom stereocenters. The second-order valence-corrected chi connectivity index (χ2v) is 11.5. The minimum absolute atomic E-state index is 0.0293. The van der Waals surface area contributed by atoms with Crippen molar-refractivity contribution in [1.29, 1.82) is 0 Å². The first-order valence-electron chi connectivity index (χ1n) is 14.2. The quantitative estimate of drug-likeness (QED) is 0.280. The van der Waals surface area contributed by atoms with Crippen LogP contribution in [0.4, 0.5) is 18.9 Å². The summed E-state index contributed by atoms with van der Waals surface area (Å²) in [6, 6.07) is 13.0. The van der Waals surface area contributed by atoms with Crippen LogP contribution in [0.3, 0.4) is 0 Å². The standard InChI is InChI=1S/C31H41F3N2O4/c1-20(2)30(35-19-31(32,33)34)26-10-9-24(39-3)16-28(26)36-13-11-21(12-14-36)18-40-25-6-4-5-23(15-25)27(17-29(37)38)22-7-8-22/h4-6,9-10,15-16,20-22,27,30,35H,7-8,11-14,17-19H2,1-3H3,(H,37,38)/t27-,30?/m0/s1. The number of ether oxygens (including phenoxy) is 2. The zero-order valence-corrected chi connectivity index (χ0v) is 23.5. The van der Waals surface area contributed by atoms with E-state index in [0.29, 0.717) is 24.2 Å². The zero-order valence-electron chi connectivity index (χ0n) is 23.5. The molecule has 0 amide bonds. The van der Waals surface area contributed by atoms with Crippen molar-refractivity contribution in [2.45, 2.75) is 64.1 Å². The zero-order chi connectivity index (χ0) is 28.9. The fraction of sp³-hybridized carbons (Fsp3) is 0.581. The number of carboxylic acid groups (broad SMARTS) is 1. The number of rotatable bonds is 13. The molecule has 1 aliphatic heterocycles. The molecule has 0 radical (unpaired) electrons. The maximum Gasteiger partial charge on any atom is 0.401 e. The van der Waals surface area contributed by atoms with Crippen LogP contribution in [-0.4, -0.2) is 50.6 Å². The largest absolute Gasteiger partial charge is 0.497 e. The lowest BCUT2D eigenvalue weighted by Gasteiger charge is -2.37. The van der Waals surface area contributed by atoms with Gasteiger partial charge in [0.15, 0.2) is 0 Å². The number of carbonyl (C=O) groups is 1. The van der Waals surface area contributed by atoms with Crippen LogP contribution in [-0.2, 0) is 4.79 Å². The summed E-state index contributed by atoms with van der Waals surface area (Å²) in [7, 11) is 1.59. The van der Waals surface area contributed by atoms with E-state index in [-0.39, 0.29) is 18.3 Å². The monoisotopic (exact) mass is 562 g/mol. The molecule has 2 aromatic rings. The minimum Gasteiger partial charge on any atom is -0.497 e. The van der Waals surface area contributed by atoms with Crippen molar-refractivity contribution >= 4 is 11.7 Å². The van der Waals surface area contributed by atoms with Crippen LogP contribution >= 0.6 is 0 Å². The lowest BCUT2D eigenvalue weighted by Crippen LogP contribution is -2.38. The average molecular weight is 563 g/mol. The molecule has 1 saturated carbocycles. The van der Waals surface area contributed by atoms with Crippen molar-refractivity contribution in [2.75, 3.05) is 38.3 Å². The Labute approximate surface area is 234 Å². The third-order valence-electron chi connectivity index (χ3n) is 8.07. The van der Waals surface area contributed by atoms with Gasteiger partial charge in [-0.3, -0.25) is 4.79 Å². The average Bonchev–Trinajstić information content (AvgIpc) is 3.76. The topological polar surface area (TPSA) is 71.0 Å². The third-order valence-corrected chi connectivity index (χ3v) is 8.07. The number of nitrogens with one attached hydrogen (secondary N) is 1. The van der Waals surface area contributed by atoms with Crippen molar-refractivity contribution in [3.8, 4) is 11.5 Å². The van der Waals surface area contributed by atoms with E-state index in [9.17, 15) is 23.1 Å². The number of methoxy groups -OCH3 is 1. The summed E-state index contributed by atoms with van der Waals surface area (Å²) in [4.78, 5) is 13.6. The second-order valence-electron chi connectivity index (χ2n) is 11.5. The first-order chi connectivity index (χ1) is 19.0. The van der Waals surface area contributed by atoms with E-state index in [0.717, 1.165) is 61.3 Å². The molecule has 1 heterocycles. The Hall–Kier alpha value is -2.94. The van der Waals surface area contributed by atoms with Crippen LogP contribution in [0.15, 0.2) is 42.5 Å². The van der Waals surface area contributed by atoms with Crippen molar-refractivity contribution < 1.29 is 32.5 Å². The van der Waals surface area contributed by atoms with Crippen LogP contribution in [0.5, 0.6) is 11.5 Å². The fourth-order valence-electron chi connectivity index (χ4n) is 5.75. The van der Waals surface area contributed by atoms with Crippen LogP contribution in [0.2, 0.25) is 0 Å². The lowest BCUT2D eigenvalue weighted by molar-refractivity contribution is -0.137. The number of benzene rings is 2. The normalized spacial score (nSPS) is 18.0. The number of halogens is 3. The van der Waals surface area contributed by atoms with Crippen molar-refractivity contribution in [3.63, 3.8) is 0 Å². The molecule has 1 aliphatic carbocycles. The number of hydrogen-bond donors (Lipinski definition) is 2. The highest BCUT2D eigenvalue weighted by Crippen LogP contribution is 2.45. The van der Waals surface area contributed by atoms with Gasteiger partial charge >= 0.3 is 12.1 Å². The van der Waals surface area contributed by atoms with Gasteiger partial charge in [-0.2, -0.15) is 13.2 Å². The summed E-state index contributed by atoms with van der Waals surface area (Å²) < 4.78 is 50.7. The molecule has 2 atom stereocenters. The molecule has 0 bridgehead atoms. The highest BCUT2D eigenvalue weighted by atomic mass is 19.4.